The maximum Gasteiger partial charge on any atom is 0.307 e. The van der Waals surface area contributed by atoms with E-state index in [0.29, 0.717) is 11.3 Å². The van der Waals surface area contributed by atoms with Crippen LogP contribution in [0.2, 0.25) is 0 Å². The minimum Gasteiger partial charge on any atom is -0.489 e. The van der Waals surface area contributed by atoms with Gasteiger partial charge in [-0.15, -0.1) is 0 Å². The molecule has 0 radical (unpaired) electrons. The van der Waals surface area contributed by atoms with E-state index in [-0.39, 0.29) is 18.7 Å². The fourth-order valence-corrected chi connectivity index (χ4v) is 1.83. The third-order valence-electron chi connectivity index (χ3n) is 2.86. The minimum atomic E-state index is -0.929. The number of rotatable bonds is 6. The largest absolute Gasteiger partial charge is 0.489 e. The van der Waals surface area contributed by atoms with E-state index in [9.17, 15) is 14.9 Å². The molecule has 0 saturated heterocycles. The summed E-state index contributed by atoms with van der Waals surface area (Å²) in [5, 5.41) is 19.4. The molecule has 2 aromatic carbocycles. The fraction of sp³-hybridized carbons (Fsp3) is 0.133. The smallest absolute Gasteiger partial charge is 0.307 e. The number of para-hydroxylation sites is 1. The average molecular weight is 287 g/mol. The lowest BCUT2D eigenvalue weighted by Crippen LogP contribution is -2.04. The molecule has 0 heterocycles. The summed E-state index contributed by atoms with van der Waals surface area (Å²) in [6, 6.07) is 12.9. The third-order valence-corrected chi connectivity index (χ3v) is 2.86. The zero-order chi connectivity index (χ0) is 15.2. The highest BCUT2D eigenvalue weighted by molar-refractivity contribution is 5.71. The Hall–Kier alpha value is -2.89. The summed E-state index contributed by atoms with van der Waals surface area (Å²) < 4.78 is 5.59. The zero-order valence-corrected chi connectivity index (χ0v) is 11.1. The Morgan fingerprint density at radius 1 is 1.14 bits per heavy atom. The summed E-state index contributed by atoms with van der Waals surface area (Å²) in [7, 11) is 0. The molecule has 0 fully saturated rings. The van der Waals surface area contributed by atoms with Crippen LogP contribution in [0.25, 0.3) is 0 Å². The zero-order valence-electron chi connectivity index (χ0n) is 11.1. The summed E-state index contributed by atoms with van der Waals surface area (Å²) in [6.07, 6.45) is -0.115. The molecule has 0 bridgehead atoms. The van der Waals surface area contributed by atoms with Crippen LogP contribution in [0.3, 0.4) is 0 Å². The van der Waals surface area contributed by atoms with Crippen LogP contribution >= 0.6 is 0 Å². The Bertz CT molecular complexity index is 651. The SMILES string of the molecule is O=C(O)Cc1ccccc1OCc1ccc([N+](=O)[O-])cc1. The lowest BCUT2D eigenvalue weighted by molar-refractivity contribution is -0.384. The number of hydrogen-bond donors (Lipinski definition) is 1. The van der Waals surface area contributed by atoms with Crippen molar-refractivity contribution in [3.05, 3.63) is 69.8 Å². The molecule has 21 heavy (non-hydrogen) atoms. The van der Waals surface area contributed by atoms with Gasteiger partial charge in [-0.2, -0.15) is 0 Å². The van der Waals surface area contributed by atoms with Crippen molar-refractivity contribution in [1.82, 2.24) is 0 Å². The average Bonchev–Trinajstić information content (AvgIpc) is 2.46. The number of carboxylic acid groups (broad SMARTS) is 1. The predicted octanol–water partition coefficient (Wildman–Crippen LogP) is 2.80. The van der Waals surface area contributed by atoms with Crippen LogP contribution in [0.1, 0.15) is 11.1 Å². The minimum absolute atomic E-state index is 0.0185. The van der Waals surface area contributed by atoms with Crippen molar-refractivity contribution in [3.8, 4) is 5.75 Å². The van der Waals surface area contributed by atoms with Crippen molar-refractivity contribution in [2.45, 2.75) is 13.0 Å². The predicted molar refractivity (Wildman–Crippen MR) is 75.2 cm³/mol. The van der Waals surface area contributed by atoms with Crippen LogP contribution in [0.15, 0.2) is 48.5 Å². The van der Waals surface area contributed by atoms with E-state index in [1.807, 2.05) is 0 Å². The van der Waals surface area contributed by atoms with Crippen LogP contribution in [0.5, 0.6) is 5.75 Å². The van der Waals surface area contributed by atoms with Gasteiger partial charge in [0.1, 0.15) is 12.4 Å². The van der Waals surface area contributed by atoms with Gasteiger partial charge in [-0.3, -0.25) is 14.9 Å². The van der Waals surface area contributed by atoms with Crippen LogP contribution in [0.4, 0.5) is 5.69 Å². The second kappa shape index (κ2) is 6.51. The normalized spacial score (nSPS) is 10.1. The number of benzene rings is 2. The van der Waals surface area contributed by atoms with Crippen molar-refractivity contribution < 1.29 is 19.6 Å². The molecule has 0 atom stereocenters. The van der Waals surface area contributed by atoms with Crippen molar-refractivity contribution in [2.75, 3.05) is 0 Å². The summed E-state index contributed by atoms with van der Waals surface area (Å²) in [5.74, 6) is -0.431. The number of ether oxygens (including phenoxy) is 1. The molecular formula is C15H13NO5. The Morgan fingerprint density at radius 3 is 2.43 bits per heavy atom. The van der Waals surface area contributed by atoms with Crippen LogP contribution in [0, 0.1) is 10.1 Å². The van der Waals surface area contributed by atoms with Crippen LogP contribution in [-0.4, -0.2) is 16.0 Å². The highest BCUT2D eigenvalue weighted by Gasteiger charge is 2.08. The molecule has 2 rings (SSSR count). The first kappa shape index (κ1) is 14.5. The van der Waals surface area contributed by atoms with Gasteiger partial charge in [-0.1, -0.05) is 18.2 Å². The van der Waals surface area contributed by atoms with E-state index in [2.05, 4.69) is 0 Å². The molecule has 0 aromatic heterocycles. The molecule has 1 N–H and O–H groups in total. The number of aliphatic carboxylic acids is 1. The Balaban J connectivity index is 2.06. The third kappa shape index (κ3) is 4.04. The maximum atomic E-state index is 10.8. The van der Waals surface area contributed by atoms with E-state index < -0.39 is 10.9 Å². The first-order valence-corrected chi connectivity index (χ1v) is 6.22. The lowest BCUT2D eigenvalue weighted by Gasteiger charge is -2.10. The summed E-state index contributed by atoms with van der Waals surface area (Å²) in [6.45, 7) is 0.217. The van der Waals surface area contributed by atoms with E-state index in [4.69, 9.17) is 9.84 Å². The number of carbonyl (C=O) groups is 1. The van der Waals surface area contributed by atoms with Crippen molar-refractivity contribution in [3.63, 3.8) is 0 Å². The second-order valence-electron chi connectivity index (χ2n) is 4.39. The number of carboxylic acids is 1. The molecular weight excluding hydrogens is 274 g/mol. The van der Waals surface area contributed by atoms with Gasteiger partial charge in [-0.25, -0.2) is 0 Å². The Morgan fingerprint density at radius 2 is 1.81 bits per heavy atom. The van der Waals surface area contributed by atoms with Gasteiger partial charge >= 0.3 is 5.97 Å². The number of nitro benzene ring substituents is 1. The first-order chi connectivity index (χ1) is 10.1. The highest BCUT2D eigenvalue weighted by Crippen LogP contribution is 2.20. The molecule has 2 aromatic rings. The molecule has 0 spiro atoms. The summed E-state index contributed by atoms with van der Waals surface area (Å²) in [4.78, 5) is 20.9. The van der Waals surface area contributed by atoms with Gasteiger partial charge in [0.05, 0.1) is 11.3 Å². The fourth-order valence-electron chi connectivity index (χ4n) is 1.83. The van der Waals surface area contributed by atoms with Crippen molar-refractivity contribution in [2.24, 2.45) is 0 Å². The van der Waals surface area contributed by atoms with Crippen LogP contribution in [-0.2, 0) is 17.8 Å². The monoisotopic (exact) mass is 287 g/mol. The quantitative estimate of drug-likeness (QED) is 0.651. The number of nitro groups is 1. The van der Waals surface area contributed by atoms with Gasteiger partial charge in [-0.05, 0) is 23.8 Å². The summed E-state index contributed by atoms with van der Waals surface area (Å²) in [5.41, 5.74) is 1.38. The van der Waals surface area contributed by atoms with Crippen molar-refractivity contribution >= 4 is 11.7 Å². The molecule has 6 nitrogen and oxygen atoms in total. The maximum absolute atomic E-state index is 10.8. The van der Waals surface area contributed by atoms with E-state index >= 15 is 0 Å². The standard InChI is InChI=1S/C15H13NO5/c17-15(18)9-12-3-1-2-4-14(12)21-10-11-5-7-13(8-6-11)16(19)20/h1-8H,9-10H2,(H,17,18). The number of non-ortho nitro benzene ring substituents is 1. The molecule has 0 saturated carbocycles. The molecule has 6 heteroatoms. The first-order valence-electron chi connectivity index (χ1n) is 6.22. The van der Waals surface area contributed by atoms with Gasteiger partial charge in [0.15, 0.2) is 0 Å². The molecule has 0 amide bonds. The molecule has 0 aliphatic heterocycles. The van der Waals surface area contributed by atoms with Crippen molar-refractivity contribution in [1.29, 1.82) is 0 Å². The highest BCUT2D eigenvalue weighted by atomic mass is 16.6. The van der Waals surface area contributed by atoms with Gasteiger partial charge in [0, 0.05) is 17.7 Å². The van der Waals surface area contributed by atoms with E-state index in [1.54, 1.807) is 36.4 Å². The molecule has 0 aliphatic rings. The Kier molecular flexibility index (Phi) is 4.50. The van der Waals surface area contributed by atoms with Gasteiger partial charge < -0.3 is 9.84 Å². The molecule has 108 valence electrons. The van der Waals surface area contributed by atoms with E-state index in [1.165, 1.54) is 12.1 Å². The number of hydrogen-bond acceptors (Lipinski definition) is 4. The summed E-state index contributed by atoms with van der Waals surface area (Å²) >= 11 is 0. The molecule has 0 aliphatic carbocycles. The Labute approximate surface area is 120 Å². The van der Waals surface area contributed by atoms with E-state index in [0.717, 1.165) is 5.56 Å². The van der Waals surface area contributed by atoms with Gasteiger partial charge in [0.25, 0.3) is 5.69 Å². The van der Waals surface area contributed by atoms with Crippen LogP contribution < -0.4 is 4.74 Å². The topological polar surface area (TPSA) is 89.7 Å². The lowest BCUT2D eigenvalue weighted by atomic mass is 10.1. The second-order valence-corrected chi connectivity index (χ2v) is 4.39. The molecule has 0 unspecified atom stereocenters. The van der Waals surface area contributed by atoms with Gasteiger partial charge in [0.2, 0.25) is 0 Å². The number of nitrogens with zero attached hydrogens (tertiary/aromatic N) is 1.